The van der Waals surface area contributed by atoms with Crippen LogP contribution in [0.5, 0.6) is 5.75 Å². The minimum atomic E-state index is -0.316. The first-order chi connectivity index (χ1) is 11.5. The Labute approximate surface area is 141 Å². The van der Waals surface area contributed by atoms with Crippen molar-refractivity contribution in [3.05, 3.63) is 53.6 Å². The number of aryl methyl sites for hydroxylation is 1. The summed E-state index contributed by atoms with van der Waals surface area (Å²) in [6.45, 7) is 3.74. The molecule has 0 aliphatic rings. The second kappa shape index (κ2) is 8.01. The lowest BCUT2D eigenvalue weighted by Crippen LogP contribution is -2.28. The van der Waals surface area contributed by atoms with Gasteiger partial charge in [-0.3, -0.25) is 4.79 Å². The Hall–Kier alpha value is -3.02. The molecule has 0 saturated heterocycles. The average Bonchev–Trinajstić information content (AvgIpc) is 2.56. The van der Waals surface area contributed by atoms with Crippen LogP contribution in [0.25, 0.3) is 0 Å². The van der Waals surface area contributed by atoms with Crippen LogP contribution in [0.3, 0.4) is 0 Å². The zero-order valence-corrected chi connectivity index (χ0v) is 14.0. The van der Waals surface area contributed by atoms with Crippen molar-refractivity contribution < 1.29 is 14.3 Å². The quantitative estimate of drug-likeness (QED) is 0.788. The smallest absolute Gasteiger partial charge is 0.319 e. The summed E-state index contributed by atoms with van der Waals surface area (Å²) in [5.74, 6) is 0.618. The van der Waals surface area contributed by atoms with Crippen molar-refractivity contribution in [1.29, 1.82) is 0 Å². The van der Waals surface area contributed by atoms with E-state index in [1.165, 1.54) is 6.92 Å². The standard InChI is InChI=1S/C18H21N3O3/c1-12-4-7-15(10-17(12)20-13(2)22)21-18(23)19-11-14-5-8-16(24-3)9-6-14/h4-10H,11H2,1-3H3,(H,20,22)(H2,19,21,23). The van der Waals surface area contributed by atoms with Crippen LogP contribution in [-0.2, 0) is 11.3 Å². The van der Waals surface area contributed by atoms with Crippen molar-refractivity contribution in [3.63, 3.8) is 0 Å². The number of nitrogens with one attached hydrogen (secondary N) is 3. The molecule has 2 aromatic carbocycles. The SMILES string of the molecule is COc1ccc(CNC(=O)Nc2ccc(C)c(NC(C)=O)c2)cc1. The predicted octanol–water partition coefficient (Wildman–Crippen LogP) is 3.28. The molecule has 3 amide bonds. The largest absolute Gasteiger partial charge is 0.497 e. The minimum Gasteiger partial charge on any atom is -0.497 e. The highest BCUT2D eigenvalue weighted by atomic mass is 16.5. The molecular formula is C18H21N3O3. The van der Waals surface area contributed by atoms with Crippen LogP contribution in [0.15, 0.2) is 42.5 Å². The Bertz CT molecular complexity index is 727. The van der Waals surface area contributed by atoms with Gasteiger partial charge in [-0.2, -0.15) is 0 Å². The monoisotopic (exact) mass is 327 g/mol. The molecule has 2 aromatic rings. The topological polar surface area (TPSA) is 79.5 Å². The van der Waals surface area contributed by atoms with Crippen molar-refractivity contribution in [3.8, 4) is 5.75 Å². The van der Waals surface area contributed by atoms with E-state index in [1.807, 2.05) is 37.3 Å². The molecule has 0 radical (unpaired) electrons. The number of rotatable bonds is 5. The third kappa shape index (κ3) is 5.01. The van der Waals surface area contributed by atoms with Gasteiger partial charge in [0.05, 0.1) is 7.11 Å². The van der Waals surface area contributed by atoms with Crippen LogP contribution < -0.4 is 20.7 Å². The average molecular weight is 327 g/mol. The zero-order valence-electron chi connectivity index (χ0n) is 14.0. The summed E-state index contributed by atoms with van der Waals surface area (Å²) >= 11 is 0. The second-order valence-electron chi connectivity index (χ2n) is 5.37. The molecule has 2 rings (SSSR count). The Balaban J connectivity index is 1.92. The molecule has 6 nitrogen and oxygen atoms in total. The lowest BCUT2D eigenvalue weighted by Gasteiger charge is -2.11. The van der Waals surface area contributed by atoms with Crippen molar-refractivity contribution in [2.24, 2.45) is 0 Å². The first-order valence-electron chi connectivity index (χ1n) is 7.54. The third-order valence-corrected chi connectivity index (χ3v) is 3.42. The summed E-state index contributed by atoms with van der Waals surface area (Å²) in [7, 11) is 1.61. The van der Waals surface area contributed by atoms with Crippen molar-refractivity contribution in [2.75, 3.05) is 17.7 Å². The fourth-order valence-corrected chi connectivity index (χ4v) is 2.13. The Kier molecular flexibility index (Phi) is 5.78. The molecule has 0 aliphatic heterocycles. The lowest BCUT2D eigenvalue weighted by atomic mass is 10.2. The minimum absolute atomic E-state index is 0.154. The molecule has 0 aromatic heterocycles. The highest BCUT2D eigenvalue weighted by Crippen LogP contribution is 2.20. The second-order valence-corrected chi connectivity index (χ2v) is 5.37. The molecule has 0 fully saturated rings. The van der Waals surface area contributed by atoms with Gasteiger partial charge in [0.25, 0.3) is 0 Å². The van der Waals surface area contributed by atoms with Crippen molar-refractivity contribution >= 4 is 23.3 Å². The van der Waals surface area contributed by atoms with E-state index in [9.17, 15) is 9.59 Å². The lowest BCUT2D eigenvalue weighted by molar-refractivity contribution is -0.114. The third-order valence-electron chi connectivity index (χ3n) is 3.42. The number of hydrogen-bond acceptors (Lipinski definition) is 3. The van der Waals surface area contributed by atoms with E-state index in [2.05, 4.69) is 16.0 Å². The molecule has 0 spiro atoms. The molecule has 0 atom stereocenters. The number of hydrogen-bond donors (Lipinski definition) is 3. The van der Waals surface area contributed by atoms with Gasteiger partial charge >= 0.3 is 6.03 Å². The van der Waals surface area contributed by atoms with Crippen LogP contribution in [-0.4, -0.2) is 19.0 Å². The number of urea groups is 1. The van der Waals surface area contributed by atoms with Crippen molar-refractivity contribution in [2.45, 2.75) is 20.4 Å². The molecule has 126 valence electrons. The summed E-state index contributed by atoms with van der Waals surface area (Å²) in [6, 6.07) is 12.5. The maximum absolute atomic E-state index is 12.0. The summed E-state index contributed by atoms with van der Waals surface area (Å²) in [6.07, 6.45) is 0. The number of anilines is 2. The van der Waals surface area contributed by atoms with Gasteiger partial charge in [0.2, 0.25) is 5.91 Å². The van der Waals surface area contributed by atoms with Gasteiger partial charge in [-0.05, 0) is 42.3 Å². The number of carbonyl (C=O) groups excluding carboxylic acids is 2. The molecular weight excluding hydrogens is 306 g/mol. The molecule has 0 saturated carbocycles. The van der Waals surface area contributed by atoms with Gasteiger partial charge in [-0.25, -0.2) is 4.79 Å². The van der Waals surface area contributed by atoms with Gasteiger partial charge < -0.3 is 20.7 Å². The van der Waals surface area contributed by atoms with E-state index in [0.717, 1.165) is 16.9 Å². The van der Waals surface area contributed by atoms with Gasteiger partial charge in [0.1, 0.15) is 5.75 Å². The Morgan fingerprint density at radius 2 is 1.75 bits per heavy atom. The summed E-state index contributed by atoms with van der Waals surface area (Å²) in [5, 5.41) is 8.26. The fraction of sp³-hybridized carbons (Fsp3) is 0.222. The van der Waals surface area contributed by atoms with E-state index in [4.69, 9.17) is 4.74 Å². The zero-order chi connectivity index (χ0) is 17.5. The van der Waals surface area contributed by atoms with E-state index < -0.39 is 0 Å². The number of methoxy groups -OCH3 is 1. The van der Waals surface area contributed by atoms with Crippen LogP contribution in [0.2, 0.25) is 0 Å². The van der Waals surface area contributed by atoms with E-state index >= 15 is 0 Å². The normalized spacial score (nSPS) is 9.96. The highest BCUT2D eigenvalue weighted by molar-refractivity contribution is 5.93. The highest BCUT2D eigenvalue weighted by Gasteiger charge is 2.06. The molecule has 3 N–H and O–H groups in total. The molecule has 0 bridgehead atoms. The van der Waals surface area contributed by atoms with Gasteiger partial charge in [-0.15, -0.1) is 0 Å². The van der Waals surface area contributed by atoms with Crippen LogP contribution in [0.1, 0.15) is 18.1 Å². The van der Waals surface area contributed by atoms with E-state index in [-0.39, 0.29) is 11.9 Å². The van der Waals surface area contributed by atoms with Gasteiger partial charge in [0, 0.05) is 24.8 Å². The maximum atomic E-state index is 12.0. The number of benzene rings is 2. The van der Waals surface area contributed by atoms with Crippen LogP contribution in [0.4, 0.5) is 16.2 Å². The van der Waals surface area contributed by atoms with Crippen LogP contribution in [0, 0.1) is 6.92 Å². The molecule has 6 heteroatoms. The number of ether oxygens (including phenoxy) is 1. The first-order valence-corrected chi connectivity index (χ1v) is 7.54. The van der Waals surface area contributed by atoms with E-state index in [0.29, 0.717) is 17.9 Å². The molecule has 24 heavy (non-hydrogen) atoms. The molecule has 0 unspecified atom stereocenters. The van der Waals surface area contributed by atoms with E-state index in [1.54, 1.807) is 19.2 Å². The van der Waals surface area contributed by atoms with Gasteiger partial charge in [-0.1, -0.05) is 18.2 Å². The van der Waals surface area contributed by atoms with Crippen molar-refractivity contribution in [1.82, 2.24) is 5.32 Å². The first kappa shape index (κ1) is 17.3. The molecule has 0 aliphatic carbocycles. The number of amides is 3. The maximum Gasteiger partial charge on any atom is 0.319 e. The Morgan fingerprint density at radius 3 is 2.38 bits per heavy atom. The summed E-state index contributed by atoms with van der Waals surface area (Å²) < 4.78 is 5.09. The Morgan fingerprint density at radius 1 is 1.04 bits per heavy atom. The number of carbonyl (C=O) groups is 2. The predicted molar refractivity (Wildman–Crippen MR) is 94.3 cm³/mol. The van der Waals surface area contributed by atoms with Crippen LogP contribution >= 0.6 is 0 Å². The fourth-order valence-electron chi connectivity index (χ4n) is 2.13. The summed E-state index contributed by atoms with van der Waals surface area (Å²) in [4.78, 5) is 23.2. The molecule has 0 heterocycles. The van der Waals surface area contributed by atoms with Gasteiger partial charge in [0.15, 0.2) is 0 Å². The summed E-state index contributed by atoms with van der Waals surface area (Å²) in [5.41, 5.74) is 3.18.